The van der Waals surface area contributed by atoms with Gasteiger partial charge in [0.05, 0.1) is 17.4 Å². The highest BCUT2D eigenvalue weighted by Crippen LogP contribution is 2.25. The minimum absolute atomic E-state index is 0.0440. The summed E-state index contributed by atoms with van der Waals surface area (Å²) in [4.78, 5) is 4.39. The van der Waals surface area contributed by atoms with Gasteiger partial charge in [-0.05, 0) is 51.0 Å². The second kappa shape index (κ2) is 5.24. The first kappa shape index (κ1) is 12.7. The lowest BCUT2D eigenvalue weighted by Gasteiger charge is -2.15. The molecule has 2 aromatic rings. The molecular formula is C10H11Br2N5. The lowest BCUT2D eigenvalue weighted by atomic mass is 10.1. The minimum Gasteiger partial charge on any atom is -0.307 e. The summed E-state index contributed by atoms with van der Waals surface area (Å²) in [5, 5.41) is 11.2. The largest absolute Gasteiger partial charge is 0.307 e. The van der Waals surface area contributed by atoms with E-state index in [0.29, 0.717) is 0 Å². The fraction of sp³-hybridized carbons (Fsp3) is 0.300. The van der Waals surface area contributed by atoms with E-state index in [1.807, 2.05) is 26.2 Å². The maximum absolute atomic E-state index is 4.39. The molecule has 90 valence electrons. The zero-order chi connectivity index (χ0) is 12.4. The van der Waals surface area contributed by atoms with Crippen LogP contribution in [0.5, 0.6) is 0 Å². The third kappa shape index (κ3) is 2.56. The molecule has 2 aromatic heterocycles. The van der Waals surface area contributed by atoms with Crippen LogP contribution >= 0.6 is 31.9 Å². The number of pyridine rings is 1. The molecule has 1 atom stereocenters. The van der Waals surface area contributed by atoms with Crippen molar-refractivity contribution in [1.82, 2.24) is 25.3 Å². The summed E-state index contributed by atoms with van der Waals surface area (Å²) < 4.78 is 3.41. The van der Waals surface area contributed by atoms with E-state index in [0.717, 1.165) is 20.5 Å². The molecule has 5 nitrogen and oxygen atoms in total. The van der Waals surface area contributed by atoms with E-state index in [2.05, 4.69) is 52.5 Å². The molecule has 0 spiro atoms. The van der Waals surface area contributed by atoms with E-state index < -0.39 is 0 Å². The van der Waals surface area contributed by atoms with Crippen LogP contribution < -0.4 is 5.32 Å². The van der Waals surface area contributed by atoms with Crippen LogP contribution in [0.25, 0.3) is 0 Å². The van der Waals surface area contributed by atoms with Gasteiger partial charge in [0.15, 0.2) is 4.60 Å². The summed E-state index contributed by atoms with van der Waals surface area (Å²) in [6.07, 6.45) is 1.78. The summed E-state index contributed by atoms with van der Waals surface area (Å²) in [6.45, 7) is 0. The Bertz CT molecular complexity index is 488. The predicted molar refractivity (Wildman–Crippen MR) is 71.5 cm³/mol. The van der Waals surface area contributed by atoms with Crippen LogP contribution in [0.4, 0.5) is 0 Å². The Labute approximate surface area is 116 Å². The smallest absolute Gasteiger partial charge is 0.153 e. The molecule has 0 amide bonds. The van der Waals surface area contributed by atoms with E-state index in [1.165, 1.54) is 0 Å². The molecule has 0 saturated carbocycles. The number of aromatic nitrogens is 4. The highest BCUT2D eigenvalue weighted by molar-refractivity contribution is 9.10. The molecule has 2 rings (SSSR count). The molecule has 0 bridgehead atoms. The van der Waals surface area contributed by atoms with Crippen LogP contribution in [0, 0.1) is 0 Å². The first-order chi connectivity index (χ1) is 8.13. The van der Waals surface area contributed by atoms with E-state index in [1.54, 1.807) is 10.9 Å². The third-order valence-corrected chi connectivity index (χ3v) is 3.47. The summed E-state index contributed by atoms with van der Waals surface area (Å²) in [5.41, 5.74) is 1.86. The Kier molecular flexibility index (Phi) is 3.90. The fourth-order valence-corrected chi connectivity index (χ4v) is 2.42. The Hall–Kier alpha value is -0.790. The van der Waals surface area contributed by atoms with E-state index in [-0.39, 0.29) is 6.04 Å². The lowest BCUT2D eigenvalue weighted by molar-refractivity contribution is 0.586. The van der Waals surface area contributed by atoms with Gasteiger partial charge >= 0.3 is 0 Å². The monoisotopic (exact) mass is 359 g/mol. The molecule has 1 N–H and O–H groups in total. The van der Waals surface area contributed by atoms with Gasteiger partial charge in [-0.3, -0.25) is 4.98 Å². The second-order valence-electron chi connectivity index (χ2n) is 3.51. The van der Waals surface area contributed by atoms with Crippen molar-refractivity contribution in [2.45, 2.75) is 6.04 Å². The van der Waals surface area contributed by atoms with Crippen LogP contribution in [-0.4, -0.2) is 27.0 Å². The molecular weight excluding hydrogens is 350 g/mol. The van der Waals surface area contributed by atoms with E-state index in [4.69, 9.17) is 0 Å². The zero-order valence-corrected chi connectivity index (χ0v) is 12.5. The van der Waals surface area contributed by atoms with Crippen molar-refractivity contribution in [3.05, 3.63) is 38.8 Å². The van der Waals surface area contributed by atoms with Gasteiger partial charge in [-0.2, -0.15) is 0 Å². The highest BCUT2D eigenvalue weighted by atomic mass is 79.9. The number of halogens is 2. The average molecular weight is 361 g/mol. The van der Waals surface area contributed by atoms with Gasteiger partial charge < -0.3 is 5.32 Å². The standard InChI is InChI=1S/C10H11Br2N5/c1-13-8(7-4-3-6(11)5-14-7)9-10(12)15-16-17(9)2/h3-5,8,13H,1-2H3. The fourth-order valence-electron chi connectivity index (χ4n) is 1.63. The van der Waals surface area contributed by atoms with Gasteiger partial charge in [0.1, 0.15) is 0 Å². The number of aryl methyl sites for hydroxylation is 1. The van der Waals surface area contributed by atoms with Crippen molar-refractivity contribution in [1.29, 1.82) is 0 Å². The third-order valence-electron chi connectivity index (χ3n) is 2.43. The van der Waals surface area contributed by atoms with Gasteiger partial charge in [-0.1, -0.05) is 5.21 Å². The lowest BCUT2D eigenvalue weighted by Crippen LogP contribution is -2.22. The van der Waals surface area contributed by atoms with Gasteiger partial charge in [-0.15, -0.1) is 5.10 Å². The predicted octanol–water partition coefficient (Wildman–Crippen LogP) is 2.04. The summed E-state index contributed by atoms with van der Waals surface area (Å²) >= 11 is 6.77. The maximum atomic E-state index is 4.39. The average Bonchev–Trinajstić information content (AvgIpc) is 2.64. The first-order valence-corrected chi connectivity index (χ1v) is 6.56. The van der Waals surface area contributed by atoms with Crippen molar-refractivity contribution in [3.63, 3.8) is 0 Å². The summed E-state index contributed by atoms with van der Waals surface area (Å²) in [5.74, 6) is 0. The van der Waals surface area contributed by atoms with Crippen LogP contribution in [0.1, 0.15) is 17.4 Å². The normalized spacial score (nSPS) is 12.7. The Morgan fingerprint density at radius 3 is 2.59 bits per heavy atom. The first-order valence-electron chi connectivity index (χ1n) is 4.97. The summed E-state index contributed by atoms with van der Waals surface area (Å²) in [6, 6.07) is 3.88. The van der Waals surface area contributed by atoms with Crippen molar-refractivity contribution in [2.24, 2.45) is 7.05 Å². The number of hydrogen-bond acceptors (Lipinski definition) is 4. The molecule has 2 heterocycles. The van der Waals surface area contributed by atoms with Crippen molar-refractivity contribution in [3.8, 4) is 0 Å². The quantitative estimate of drug-likeness (QED) is 0.910. The van der Waals surface area contributed by atoms with Crippen LogP contribution in [0.2, 0.25) is 0 Å². The molecule has 0 aromatic carbocycles. The van der Waals surface area contributed by atoms with Crippen LogP contribution in [0.3, 0.4) is 0 Å². The van der Waals surface area contributed by atoms with E-state index >= 15 is 0 Å². The Morgan fingerprint density at radius 1 is 1.35 bits per heavy atom. The minimum atomic E-state index is -0.0440. The summed E-state index contributed by atoms with van der Waals surface area (Å²) in [7, 11) is 3.74. The molecule has 1 unspecified atom stereocenters. The topological polar surface area (TPSA) is 55.6 Å². The van der Waals surface area contributed by atoms with Gasteiger partial charge in [0.2, 0.25) is 0 Å². The molecule has 17 heavy (non-hydrogen) atoms. The Balaban J connectivity index is 2.43. The number of nitrogens with zero attached hydrogens (tertiary/aromatic N) is 4. The number of hydrogen-bond donors (Lipinski definition) is 1. The molecule has 0 aliphatic carbocycles. The molecule has 7 heteroatoms. The number of rotatable bonds is 3. The maximum Gasteiger partial charge on any atom is 0.153 e. The number of nitrogens with one attached hydrogen (secondary N) is 1. The SMILES string of the molecule is CNC(c1ccc(Br)cn1)c1c(Br)nnn1C. The molecule has 0 fully saturated rings. The highest BCUT2D eigenvalue weighted by Gasteiger charge is 2.21. The molecule has 0 aliphatic rings. The zero-order valence-electron chi connectivity index (χ0n) is 9.35. The molecule has 0 saturated heterocycles. The van der Waals surface area contributed by atoms with E-state index in [9.17, 15) is 0 Å². The van der Waals surface area contributed by atoms with Crippen molar-refractivity contribution in [2.75, 3.05) is 7.05 Å². The van der Waals surface area contributed by atoms with Gasteiger partial charge in [-0.25, -0.2) is 4.68 Å². The second-order valence-corrected chi connectivity index (χ2v) is 5.18. The van der Waals surface area contributed by atoms with Crippen molar-refractivity contribution >= 4 is 31.9 Å². The van der Waals surface area contributed by atoms with Gasteiger partial charge in [0.25, 0.3) is 0 Å². The molecule has 0 radical (unpaired) electrons. The van der Waals surface area contributed by atoms with Crippen LogP contribution in [-0.2, 0) is 7.05 Å². The van der Waals surface area contributed by atoms with Gasteiger partial charge in [0, 0.05) is 17.7 Å². The van der Waals surface area contributed by atoms with Crippen LogP contribution in [0.15, 0.2) is 27.4 Å². The Morgan fingerprint density at radius 2 is 2.12 bits per heavy atom. The molecule has 0 aliphatic heterocycles. The van der Waals surface area contributed by atoms with Crippen molar-refractivity contribution < 1.29 is 0 Å².